The molecule has 5 rings (SSSR count). The molecule has 2 aromatic rings. The number of benzene rings is 2. The van der Waals surface area contributed by atoms with Gasteiger partial charge in [-0.1, -0.05) is 18.2 Å². The lowest BCUT2D eigenvalue weighted by Gasteiger charge is -2.29. The fourth-order valence-electron chi connectivity index (χ4n) is 5.46. The molecular weight excluding hydrogens is 460 g/mol. The molecule has 0 aliphatic carbocycles. The van der Waals surface area contributed by atoms with E-state index in [0.717, 1.165) is 16.7 Å². The van der Waals surface area contributed by atoms with Crippen molar-refractivity contribution in [2.75, 3.05) is 29.3 Å². The average Bonchev–Trinajstić information content (AvgIpc) is 3.41. The number of ether oxygens (including phenoxy) is 1. The maximum atomic E-state index is 13.9. The maximum Gasteiger partial charge on any atom is 0.271 e. The first-order chi connectivity index (χ1) is 16.3. The van der Waals surface area contributed by atoms with Gasteiger partial charge >= 0.3 is 0 Å². The van der Waals surface area contributed by atoms with Crippen LogP contribution in [0.5, 0.6) is 5.75 Å². The zero-order valence-electron chi connectivity index (χ0n) is 18.4. The Balaban J connectivity index is 1.67. The van der Waals surface area contributed by atoms with Gasteiger partial charge in [-0.15, -0.1) is 0 Å². The SMILES string of the molecule is COc1ccc([N+](=O)[O-])cc1N1C(=O)[C@@H]2[C@H](CCSC)N[C@]3(C(=O)Nc4ccccc43)[C@@H]2C1=O. The van der Waals surface area contributed by atoms with Crippen LogP contribution in [0, 0.1) is 22.0 Å². The number of hydrogen-bond donors (Lipinski definition) is 2. The topological polar surface area (TPSA) is 131 Å². The summed E-state index contributed by atoms with van der Waals surface area (Å²) in [6.07, 6.45) is 2.51. The largest absolute Gasteiger partial charge is 0.495 e. The second-order valence-corrected chi connectivity index (χ2v) is 9.45. The zero-order valence-corrected chi connectivity index (χ0v) is 19.3. The summed E-state index contributed by atoms with van der Waals surface area (Å²) in [5, 5.41) is 17.6. The van der Waals surface area contributed by atoms with E-state index >= 15 is 0 Å². The fraction of sp³-hybridized carbons (Fsp3) is 0.348. The quantitative estimate of drug-likeness (QED) is 0.364. The molecule has 0 radical (unpaired) electrons. The van der Waals surface area contributed by atoms with Gasteiger partial charge in [0.25, 0.3) is 5.69 Å². The smallest absolute Gasteiger partial charge is 0.271 e. The van der Waals surface area contributed by atoms with Crippen molar-refractivity contribution >= 4 is 46.5 Å². The third-order valence-electron chi connectivity index (χ3n) is 6.87. The predicted molar refractivity (Wildman–Crippen MR) is 126 cm³/mol. The Morgan fingerprint density at radius 2 is 1.94 bits per heavy atom. The molecular formula is C23H22N4O6S. The van der Waals surface area contributed by atoms with Crippen molar-refractivity contribution in [3.63, 3.8) is 0 Å². The standard InChI is InChI=1S/C23H22N4O6S/c1-33-17-8-7-12(27(31)32)11-16(17)26-20(28)18-15(9-10-34-2)25-23(19(18)21(26)29)13-5-3-4-6-14(13)24-22(23)30/h3-8,11,15,18-19,25H,9-10H2,1-2H3,(H,24,30)/t15-,18+,19-,23-/m0/s1. The van der Waals surface area contributed by atoms with Crippen LogP contribution in [-0.2, 0) is 19.9 Å². The molecule has 0 unspecified atom stereocenters. The summed E-state index contributed by atoms with van der Waals surface area (Å²) in [4.78, 5) is 52.9. The molecule has 3 aliphatic rings. The molecule has 0 aromatic heterocycles. The van der Waals surface area contributed by atoms with E-state index in [0.29, 0.717) is 17.7 Å². The van der Waals surface area contributed by atoms with Gasteiger partial charge in [0.05, 0.1) is 23.9 Å². The summed E-state index contributed by atoms with van der Waals surface area (Å²) in [6, 6.07) is 10.5. The van der Waals surface area contributed by atoms with Crippen molar-refractivity contribution in [2.24, 2.45) is 11.8 Å². The van der Waals surface area contributed by atoms with Crippen LogP contribution in [0.25, 0.3) is 0 Å². The van der Waals surface area contributed by atoms with Gasteiger partial charge in [-0.2, -0.15) is 11.8 Å². The highest BCUT2D eigenvalue weighted by atomic mass is 32.2. The van der Waals surface area contributed by atoms with E-state index in [9.17, 15) is 24.5 Å². The number of hydrogen-bond acceptors (Lipinski definition) is 8. The number of nitro groups is 1. The Morgan fingerprint density at radius 1 is 1.18 bits per heavy atom. The molecule has 11 heteroatoms. The van der Waals surface area contributed by atoms with Crippen LogP contribution in [0.4, 0.5) is 17.1 Å². The number of para-hydroxylation sites is 1. The van der Waals surface area contributed by atoms with Crippen LogP contribution >= 0.6 is 11.8 Å². The van der Waals surface area contributed by atoms with E-state index in [1.165, 1.54) is 19.2 Å². The van der Waals surface area contributed by atoms with Gasteiger partial charge in [0.15, 0.2) is 0 Å². The monoisotopic (exact) mass is 482 g/mol. The van der Waals surface area contributed by atoms with E-state index in [1.807, 2.05) is 6.26 Å². The number of amides is 3. The third-order valence-corrected chi connectivity index (χ3v) is 7.51. The van der Waals surface area contributed by atoms with Gasteiger partial charge in [-0.3, -0.25) is 29.8 Å². The number of nitro benzene ring substituents is 1. The van der Waals surface area contributed by atoms with Crippen molar-refractivity contribution in [3.05, 3.63) is 58.1 Å². The Morgan fingerprint density at radius 3 is 2.65 bits per heavy atom. The average molecular weight is 483 g/mol. The molecule has 2 fully saturated rings. The Labute approximate surface area is 199 Å². The van der Waals surface area contributed by atoms with Crippen LogP contribution in [0.1, 0.15) is 12.0 Å². The van der Waals surface area contributed by atoms with Gasteiger partial charge in [-0.05, 0) is 30.6 Å². The number of carbonyl (C=O) groups is 3. The van der Waals surface area contributed by atoms with Crippen molar-refractivity contribution in [3.8, 4) is 5.75 Å². The highest BCUT2D eigenvalue weighted by molar-refractivity contribution is 7.98. The minimum absolute atomic E-state index is 0.00607. The van der Waals surface area contributed by atoms with Crippen molar-refractivity contribution in [1.82, 2.24) is 5.32 Å². The summed E-state index contributed by atoms with van der Waals surface area (Å²) in [5.74, 6) is -2.39. The van der Waals surface area contributed by atoms with E-state index in [1.54, 1.807) is 36.0 Å². The number of fused-ring (bicyclic) bond motifs is 4. The number of nitrogens with zero attached hydrogens (tertiary/aromatic N) is 2. The number of imide groups is 1. The zero-order chi connectivity index (χ0) is 24.2. The fourth-order valence-corrected chi connectivity index (χ4v) is 5.95. The Bertz CT molecular complexity index is 1240. The number of anilines is 2. The van der Waals surface area contributed by atoms with Crippen LogP contribution in [0.15, 0.2) is 42.5 Å². The lowest BCUT2D eigenvalue weighted by molar-refractivity contribution is -0.384. The highest BCUT2D eigenvalue weighted by Gasteiger charge is 2.70. The number of non-ortho nitro benzene ring substituents is 1. The molecule has 10 nitrogen and oxygen atoms in total. The van der Waals surface area contributed by atoms with Crippen molar-refractivity contribution in [2.45, 2.75) is 18.0 Å². The molecule has 0 saturated carbocycles. The molecule has 3 amide bonds. The Hall–Kier alpha value is -3.44. The highest BCUT2D eigenvalue weighted by Crippen LogP contribution is 2.54. The van der Waals surface area contributed by atoms with Crippen LogP contribution in [0.2, 0.25) is 0 Å². The molecule has 2 aromatic carbocycles. The van der Waals surface area contributed by atoms with Gasteiger partial charge in [0.1, 0.15) is 17.0 Å². The summed E-state index contributed by atoms with van der Waals surface area (Å²) in [5.41, 5.74) is -0.456. The molecule has 3 heterocycles. The van der Waals surface area contributed by atoms with Crippen molar-refractivity contribution < 1.29 is 24.0 Å². The third kappa shape index (κ3) is 2.96. The summed E-state index contributed by atoms with van der Waals surface area (Å²) < 4.78 is 5.33. The van der Waals surface area contributed by atoms with E-state index in [-0.39, 0.29) is 23.0 Å². The molecule has 1 spiro atoms. The van der Waals surface area contributed by atoms with Crippen LogP contribution in [0.3, 0.4) is 0 Å². The van der Waals surface area contributed by atoms with Crippen LogP contribution < -0.4 is 20.3 Å². The summed E-state index contributed by atoms with van der Waals surface area (Å²) in [7, 11) is 1.36. The molecule has 3 aliphatic heterocycles. The lowest BCUT2D eigenvalue weighted by atomic mass is 9.76. The molecule has 0 bridgehead atoms. The number of carbonyl (C=O) groups excluding carboxylic acids is 3. The second-order valence-electron chi connectivity index (χ2n) is 8.47. The van der Waals surface area contributed by atoms with Crippen LogP contribution in [-0.4, -0.2) is 47.8 Å². The number of nitrogens with one attached hydrogen (secondary N) is 2. The molecule has 4 atom stereocenters. The first-order valence-corrected chi connectivity index (χ1v) is 12.1. The normalized spacial score (nSPS) is 27.2. The van der Waals surface area contributed by atoms with E-state index in [2.05, 4.69) is 10.6 Å². The predicted octanol–water partition coefficient (Wildman–Crippen LogP) is 2.28. The summed E-state index contributed by atoms with van der Waals surface area (Å²) in [6.45, 7) is 0. The minimum Gasteiger partial charge on any atom is -0.495 e. The number of methoxy groups -OCH3 is 1. The van der Waals surface area contributed by atoms with Gasteiger partial charge in [0, 0.05) is 29.4 Å². The van der Waals surface area contributed by atoms with E-state index in [4.69, 9.17) is 4.74 Å². The Kier molecular flexibility index (Phi) is 5.33. The van der Waals surface area contributed by atoms with Crippen molar-refractivity contribution in [1.29, 1.82) is 0 Å². The molecule has 34 heavy (non-hydrogen) atoms. The second kappa shape index (κ2) is 8.10. The van der Waals surface area contributed by atoms with E-state index < -0.39 is 40.2 Å². The summed E-state index contributed by atoms with van der Waals surface area (Å²) >= 11 is 1.61. The van der Waals surface area contributed by atoms with Gasteiger partial charge in [0.2, 0.25) is 17.7 Å². The lowest BCUT2D eigenvalue weighted by Crippen LogP contribution is -2.53. The number of rotatable bonds is 6. The molecule has 2 saturated heterocycles. The van der Waals surface area contributed by atoms with Gasteiger partial charge < -0.3 is 10.1 Å². The first-order valence-electron chi connectivity index (χ1n) is 10.7. The molecule has 176 valence electrons. The minimum atomic E-state index is -1.40. The maximum absolute atomic E-state index is 13.9. The first kappa shape index (κ1) is 22.4. The number of thioether (sulfide) groups is 1. The molecule has 2 N–H and O–H groups in total. The van der Waals surface area contributed by atoms with Gasteiger partial charge in [-0.25, -0.2) is 4.90 Å².